The summed E-state index contributed by atoms with van der Waals surface area (Å²) in [5, 5.41) is 3.94. The molecule has 0 aliphatic carbocycles. The van der Waals surface area contributed by atoms with Gasteiger partial charge in [0.25, 0.3) is 0 Å². The Balaban J connectivity index is 2.07. The van der Waals surface area contributed by atoms with Crippen LogP contribution in [0.1, 0.15) is 23.6 Å². The van der Waals surface area contributed by atoms with Gasteiger partial charge in [0.05, 0.1) is 19.3 Å². The van der Waals surface area contributed by atoms with Gasteiger partial charge >= 0.3 is 5.97 Å². The molecule has 0 unspecified atom stereocenters. The molecule has 0 amide bonds. The van der Waals surface area contributed by atoms with Gasteiger partial charge in [-0.3, -0.25) is 0 Å². The molecule has 2 aromatic rings. The summed E-state index contributed by atoms with van der Waals surface area (Å²) in [7, 11) is 1.59. The largest absolute Gasteiger partial charge is 0.493 e. The number of carbonyl (C=O) groups excluding carboxylic acids is 1. The number of ether oxygens (including phenoxy) is 2. The van der Waals surface area contributed by atoms with Crippen molar-refractivity contribution in [2.45, 2.75) is 13.3 Å². The van der Waals surface area contributed by atoms with Crippen LogP contribution in [0.15, 0.2) is 65.8 Å². The number of nitrogens with zero attached hydrogens (tertiary/aromatic N) is 1. The van der Waals surface area contributed by atoms with Crippen LogP contribution in [-0.2, 0) is 16.1 Å². The summed E-state index contributed by atoms with van der Waals surface area (Å²) in [6, 6.07) is 13.2. The first-order valence-corrected chi connectivity index (χ1v) is 8.69. The van der Waals surface area contributed by atoms with Crippen molar-refractivity contribution in [1.29, 1.82) is 0 Å². The summed E-state index contributed by atoms with van der Waals surface area (Å²) in [5.41, 5.74) is 3.46. The van der Waals surface area contributed by atoms with Crippen LogP contribution in [0.2, 0.25) is 0 Å². The minimum Gasteiger partial charge on any atom is -0.493 e. The van der Waals surface area contributed by atoms with E-state index < -0.39 is 5.97 Å². The molecule has 1 aliphatic rings. The van der Waals surface area contributed by atoms with Gasteiger partial charge < -0.3 is 14.3 Å². The maximum atomic E-state index is 12.2. The van der Waals surface area contributed by atoms with Gasteiger partial charge in [0.15, 0.2) is 11.5 Å². The molecule has 5 nitrogen and oxygen atoms in total. The van der Waals surface area contributed by atoms with Gasteiger partial charge in [-0.2, -0.15) is 0 Å². The van der Waals surface area contributed by atoms with Crippen LogP contribution < -0.4 is 9.47 Å². The predicted molar refractivity (Wildman–Crippen MR) is 105 cm³/mol. The fourth-order valence-corrected chi connectivity index (χ4v) is 2.91. The van der Waals surface area contributed by atoms with E-state index in [1.54, 1.807) is 19.3 Å². The molecule has 27 heavy (non-hydrogen) atoms. The summed E-state index contributed by atoms with van der Waals surface area (Å²) in [4.78, 5) is 17.1. The molecule has 0 fully saturated rings. The van der Waals surface area contributed by atoms with Crippen LogP contribution in [-0.4, -0.2) is 25.4 Å². The van der Waals surface area contributed by atoms with E-state index in [1.165, 1.54) is 0 Å². The summed E-state index contributed by atoms with van der Waals surface area (Å²) in [5.74, 6) is 0.813. The second kappa shape index (κ2) is 8.36. The highest BCUT2D eigenvalue weighted by molar-refractivity contribution is 6.31. The van der Waals surface area contributed by atoms with Gasteiger partial charge in [-0.1, -0.05) is 41.6 Å². The van der Waals surface area contributed by atoms with E-state index in [4.69, 9.17) is 14.3 Å². The van der Waals surface area contributed by atoms with E-state index in [0.717, 1.165) is 16.7 Å². The van der Waals surface area contributed by atoms with E-state index in [2.05, 4.69) is 11.7 Å². The Hall–Kier alpha value is -3.34. The van der Waals surface area contributed by atoms with Gasteiger partial charge in [0.1, 0.15) is 5.71 Å². The van der Waals surface area contributed by atoms with Crippen molar-refractivity contribution < 1.29 is 19.1 Å². The summed E-state index contributed by atoms with van der Waals surface area (Å²) in [6.07, 6.45) is 4.17. The first-order chi connectivity index (χ1) is 13.2. The molecule has 3 rings (SSSR count). The van der Waals surface area contributed by atoms with E-state index in [-0.39, 0.29) is 0 Å². The lowest BCUT2D eigenvalue weighted by atomic mass is 9.99. The number of oxime groups is 1. The predicted octanol–water partition coefficient (Wildman–Crippen LogP) is 4.17. The molecule has 0 saturated heterocycles. The Kier molecular flexibility index (Phi) is 5.71. The van der Waals surface area contributed by atoms with Crippen molar-refractivity contribution in [2.24, 2.45) is 5.16 Å². The third-order valence-corrected chi connectivity index (χ3v) is 4.08. The van der Waals surface area contributed by atoms with Crippen LogP contribution in [0.3, 0.4) is 0 Å². The Morgan fingerprint density at radius 1 is 1.22 bits per heavy atom. The normalized spacial score (nSPS) is 14.7. The van der Waals surface area contributed by atoms with Gasteiger partial charge in [-0.25, -0.2) is 4.79 Å². The standard InChI is InChI=1S/C22H21NO4/c1-4-9-17-12-15(14-19(25-3)21(17)26-5-2)13-18-20(23-27-22(18)24)16-10-7-6-8-11-16/h4,6-8,10-14H,1,5,9H2,2-3H3/b18-13-. The smallest absolute Gasteiger partial charge is 0.368 e. The molecule has 5 heteroatoms. The molecule has 0 atom stereocenters. The molecule has 1 aliphatic heterocycles. The Morgan fingerprint density at radius 3 is 2.67 bits per heavy atom. The first-order valence-electron chi connectivity index (χ1n) is 8.69. The molecule has 0 bridgehead atoms. The van der Waals surface area contributed by atoms with Crippen molar-refractivity contribution in [3.05, 3.63) is 77.4 Å². The molecule has 2 aromatic carbocycles. The zero-order valence-electron chi connectivity index (χ0n) is 15.4. The highest BCUT2D eigenvalue weighted by Crippen LogP contribution is 2.35. The number of hydrogen-bond donors (Lipinski definition) is 0. The lowest BCUT2D eigenvalue weighted by molar-refractivity contribution is -0.136. The summed E-state index contributed by atoms with van der Waals surface area (Å²) >= 11 is 0. The SMILES string of the molecule is C=CCc1cc(/C=C2\C(=O)ON=C2c2ccccc2)cc(OC)c1OCC. The van der Waals surface area contributed by atoms with Crippen LogP contribution in [0.4, 0.5) is 0 Å². The average Bonchev–Trinajstić information content (AvgIpc) is 3.05. The zero-order valence-corrected chi connectivity index (χ0v) is 15.4. The number of allylic oxidation sites excluding steroid dienone is 1. The zero-order chi connectivity index (χ0) is 19.2. The molecule has 0 spiro atoms. The Morgan fingerprint density at radius 2 is 2.00 bits per heavy atom. The lowest BCUT2D eigenvalue weighted by Gasteiger charge is -2.15. The summed E-state index contributed by atoms with van der Waals surface area (Å²) < 4.78 is 11.2. The van der Waals surface area contributed by atoms with Crippen molar-refractivity contribution in [2.75, 3.05) is 13.7 Å². The first kappa shape index (κ1) is 18.5. The Labute approximate surface area is 158 Å². The maximum absolute atomic E-state index is 12.2. The number of benzene rings is 2. The quantitative estimate of drug-likeness (QED) is 0.421. The second-order valence-electron chi connectivity index (χ2n) is 5.88. The third-order valence-electron chi connectivity index (χ3n) is 4.08. The number of rotatable bonds is 7. The molecule has 0 N–H and O–H groups in total. The highest BCUT2D eigenvalue weighted by Gasteiger charge is 2.27. The minimum absolute atomic E-state index is 0.400. The van der Waals surface area contributed by atoms with Crippen molar-refractivity contribution in [3.63, 3.8) is 0 Å². The molecular formula is C22H21NO4. The lowest BCUT2D eigenvalue weighted by Crippen LogP contribution is -2.07. The van der Waals surface area contributed by atoms with E-state index >= 15 is 0 Å². The fraction of sp³-hybridized carbons (Fsp3) is 0.182. The topological polar surface area (TPSA) is 57.1 Å². The Bertz CT molecular complexity index is 913. The molecule has 0 aromatic heterocycles. The molecule has 0 saturated carbocycles. The van der Waals surface area contributed by atoms with Crippen molar-refractivity contribution >= 4 is 17.8 Å². The molecule has 1 heterocycles. The fourth-order valence-electron chi connectivity index (χ4n) is 2.91. The number of methoxy groups -OCH3 is 1. The van der Waals surface area contributed by atoms with Gasteiger partial charge in [0, 0.05) is 11.1 Å². The van der Waals surface area contributed by atoms with E-state index in [9.17, 15) is 4.79 Å². The monoisotopic (exact) mass is 363 g/mol. The number of hydrogen-bond acceptors (Lipinski definition) is 5. The third kappa shape index (κ3) is 3.92. The molecule has 0 radical (unpaired) electrons. The summed E-state index contributed by atoms with van der Waals surface area (Å²) in [6.45, 7) is 6.25. The van der Waals surface area contributed by atoms with Crippen LogP contribution >= 0.6 is 0 Å². The van der Waals surface area contributed by atoms with E-state index in [1.807, 2.05) is 49.4 Å². The van der Waals surface area contributed by atoms with Crippen LogP contribution in [0, 0.1) is 0 Å². The highest BCUT2D eigenvalue weighted by atomic mass is 16.7. The second-order valence-corrected chi connectivity index (χ2v) is 5.88. The number of carbonyl (C=O) groups is 1. The molecule has 138 valence electrons. The maximum Gasteiger partial charge on any atom is 0.368 e. The minimum atomic E-state index is -0.480. The van der Waals surface area contributed by atoms with Crippen LogP contribution in [0.25, 0.3) is 6.08 Å². The average molecular weight is 363 g/mol. The van der Waals surface area contributed by atoms with Crippen LogP contribution in [0.5, 0.6) is 11.5 Å². The molecular weight excluding hydrogens is 342 g/mol. The van der Waals surface area contributed by atoms with E-state index in [0.29, 0.717) is 35.8 Å². The van der Waals surface area contributed by atoms with Gasteiger partial charge in [0.2, 0.25) is 0 Å². The van der Waals surface area contributed by atoms with Gasteiger partial charge in [-0.15, -0.1) is 6.58 Å². The van der Waals surface area contributed by atoms with Crippen molar-refractivity contribution in [3.8, 4) is 11.5 Å². The van der Waals surface area contributed by atoms with Crippen molar-refractivity contribution in [1.82, 2.24) is 0 Å². The van der Waals surface area contributed by atoms with Gasteiger partial charge in [-0.05, 0) is 37.1 Å².